The lowest BCUT2D eigenvalue weighted by Crippen LogP contribution is -2.38. The van der Waals surface area contributed by atoms with Gasteiger partial charge in [-0.2, -0.15) is 0 Å². The van der Waals surface area contributed by atoms with Crippen molar-refractivity contribution >= 4 is 28.8 Å². The van der Waals surface area contributed by atoms with Gasteiger partial charge >= 0.3 is 0 Å². The molecule has 1 aromatic heterocycles. The van der Waals surface area contributed by atoms with E-state index in [2.05, 4.69) is 10.3 Å². The zero-order valence-electron chi connectivity index (χ0n) is 18.8. The van der Waals surface area contributed by atoms with E-state index < -0.39 is 0 Å². The van der Waals surface area contributed by atoms with Crippen LogP contribution in [-0.2, 0) is 9.53 Å². The van der Waals surface area contributed by atoms with Gasteiger partial charge in [0.1, 0.15) is 5.69 Å². The molecule has 0 radical (unpaired) electrons. The van der Waals surface area contributed by atoms with Crippen LogP contribution < -0.4 is 5.32 Å². The highest BCUT2D eigenvalue weighted by Gasteiger charge is 2.26. The summed E-state index contributed by atoms with van der Waals surface area (Å²) in [5, 5.41) is 5.83. The highest BCUT2D eigenvalue weighted by Crippen LogP contribution is 2.32. The average Bonchev–Trinajstić information content (AvgIpc) is 3.36. The molecule has 1 saturated heterocycles. The molecule has 1 aliphatic heterocycles. The molecule has 33 heavy (non-hydrogen) atoms. The van der Waals surface area contributed by atoms with Crippen molar-refractivity contribution in [2.75, 3.05) is 31.6 Å². The predicted molar refractivity (Wildman–Crippen MR) is 132 cm³/mol. The summed E-state index contributed by atoms with van der Waals surface area (Å²) >= 11 is 1.53. The number of amides is 2. The maximum atomic E-state index is 12.9. The standard InChI is InChI=1S/C26H29N3O3S/c1-2-32-17-14-24(30)29-15-12-20(13-16-29)26-28-23(18-33-26)25(31)27-22-11-7-6-10-21(22)19-8-4-3-5-9-19/h3-11,18,20H,2,12-17H2,1H3,(H,27,31). The number of anilines is 1. The second-order valence-corrected chi connectivity index (χ2v) is 8.93. The number of carbonyl (C=O) groups excluding carboxylic acids is 2. The minimum atomic E-state index is -0.204. The zero-order chi connectivity index (χ0) is 23.0. The number of likely N-dealkylation sites (tertiary alicyclic amines) is 1. The molecular formula is C26H29N3O3S. The third-order valence-corrected chi connectivity index (χ3v) is 6.88. The highest BCUT2D eigenvalue weighted by atomic mass is 32.1. The second-order valence-electron chi connectivity index (χ2n) is 8.04. The van der Waals surface area contributed by atoms with E-state index in [0.717, 1.165) is 47.8 Å². The van der Waals surface area contributed by atoms with Gasteiger partial charge in [0.05, 0.1) is 18.0 Å². The van der Waals surface area contributed by atoms with Crippen LogP contribution in [0.3, 0.4) is 0 Å². The van der Waals surface area contributed by atoms with Crippen molar-refractivity contribution in [1.82, 2.24) is 9.88 Å². The number of para-hydroxylation sites is 1. The summed E-state index contributed by atoms with van der Waals surface area (Å²) in [6, 6.07) is 17.8. The average molecular weight is 464 g/mol. The lowest BCUT2D eigenvalue weighted by Gasteiger charge is -2.31. The number of nitrogens with zero attached hydrogens (tertiary/aromatic N) is 2. The topological polar surface area (TPSA) is 71.5 Å². The number of carbonyl (C=O) groups is 2. The fraction of sp³-hybridized carbons (Fsp3) is 0.346. The van der Waals surface area contributed by atoms with E-state index in [0.29, 0.717) is 25.3 Å². The molecule has 6 nitrogen and oxygen atoms in total. The Kier molecular flexibility index (Phi) is 7.86. The van der Waals surface area contributed by atoms with Gasteiger partial charge in [-0.05, 0) is 31.4 Å². The molecule has 2 aromatic carbocycles. The van der Waals surface area contributed by atoms with E-state index in [-0.39, 0.29) is 17.7 Å². The van der Waals surface area contributed by atoms with Gasteiger partial charge in [0, 0.05) is 42.2 Å². The van der Waals surface area contributed by atoms with Crippen LogP contribution in [0, 0.1) is 0 Å². The maximum Gasteiger partial charge on any atom is 0.275 e. The van der Waals surface area contributed by atoms with Crippen LogP contribution in [0.25, 0.3) is 11.1 Å². The lowest BCUT2D eigenvalue weighted by molar-refractivity contribution is -0.133. The molecule has 0 unspecified atom stereocenters. The van der Waals surface area contributed by atoms with Gasteiger partial charge in [-0.1, -0.05) is 48.5 Å². The maximum absolute atomic E-state index is 12.9. The molecule has 7 heteroatoms. The predicted octanol–water partition coefficient (Wildman–Crippen LogP) is 5.20. The molecule has 2 heterocycles. The number of rotatable bonds is 8. The SMILES string of the molecule is CCOCCC(=O)N1CCC(c2nc(C(=O)Nc3ccccc3-c3ccccc3)cs2)CC1. The first kappa shape index (κ1) is 23.1. The smallest absolute Gasteiger partial charge is 0.275 e. The van der Waals surface area contributed by atoms with Crippen molar-refractivity contribution in [1.29, 1.82) is 0 Å². The Balaban J connectivity index is 1.36. The number of hydrogen-bond donors (Lipinski definition) is 1. The van der Waals surface area contributed by atoms with Gasteiger partial charge < -0.3 is 15.0 Å². The van der Waals surface area contributed by atoms with Crippen molar-refractivity contribution < 1.29 is 14.3 Å². The van der Waals surface area contributed by atoms with E-state index in [4.69, 9.17) is 4.74 Å². The Morgan fingerprint density at radius 2 is 1.82 bits per heavy atom. The molecule has 2 amide bonds. The van der Waals surface area contributed by atoms with Gasteiger partial charge in [0.2, 0.25) is 5.91 Å². The van der Waals surface area contributed by atoms with Crippen molar-refractivity contribution in [2.24, 2.45) is 0 Å². The molecular weight excluding hydrogens is 434 g/mol. The number of hydrogen-bond acceptors (Lipinski definition) is 5. The quantitative estimate of drug-likeness (QED) is 0.467. The van der Waals surface area contributed by atoms with Crippen LogP contribution in [0.1, 0.15) is 47.6 Å². The van der Waals surface area contributed by atoms with Gasteiger partial charge in [0.15, 0.2) is 0 Å². The Morgan fingerprint density at radius 1 is 1.09 bits per heavy atom. The van der Waals surface area contributed by atoms with E-state index in [9.17, 15) is 9.59 Å². The molecule has 0 spiro atoms. The number of nitrogens with one attached hydrogen (secondary N) is 1. The summed E-state index contributed by atoms with van der Waals surface area (Å²) in [6.45, 7) is 4.49. The minimum Gasteiger partial charge on any atom is -0.381 e. The largest absolute Gasteiger partial charge is 0.381 e. The molecule has 1 fully saturated rings. The third-order valence-electron chi connectivity index (χ3n) is 5.88. The summed E-state index contributed by atoms with van der Waals surface area (Å²) in [6.07, 6.45) is 2.17. The zero-order valence-corrected chi connectivity index (χ0v) is 19.6. The van der Waals surface area contributed by atoms with E-state index >= 15 is 0 Å². The van der Waals surface area contributed by atoms with Crippen molar-refractivity contribution in [2.45, 2.75) is 32.1 Å². The monoisotopic (exact) mass is 463 g/mol. The first-order valence-electron chi connectivity index (χ1n) is 11.4. The van der Waals surface area contributed by atoms with Crippen LogP contribution in [0.5, 0.6) is 0 Å². The molecule has 0 bridgehead atoms. The van der Waals surface area contributed by atoms with Gasteiger partial charge in [0.25, 0.3) is 5.91 Å². The van der Waals surface area contributed by atoms with Crippen LogP contribution in [0.15, 0.2) is 60.0 Å². The van der Waals surface area contributed by atoms with Gasteiger partial charge in [-0.15, -0.1) is 11.3 Å². The van der Waals surface area contributed by atoms with Crippen LogP contribution >= 0.6 is 11.3 Å². The van der Waals surface area contributed by atoms with Gasteiger partial charge in [-0.3, -0.25) is 9.59 Å². The summed E-state index contributed by atoms with van der Waals surface area (Å²) in [4.78, 5) is 31.8. The third kappa shape index (κ3) is 5.86. The Bertz CT molecular complexity index is 1080. The van der Waals surface area contributed by atoms with Crippen LogP contribution in [0.2, 0.25) is 0 Å². The molecule has 0 aliphatic carbocycles. The minimum absolute atomic E-state index is 0.151. The van der Waals surface area contributed by atoms with Crippen molar-refractivity contribution in [3.63, 3.8) is 0 Å². The Hall–Kier alpha value is -3.03. The fourth-order valence-corrected chi connectivity index (χ4v) is 5.04. The van der Waals surface area contributed by atoms with Crippen molar-refractivity contribution in [3.8, 4) is 11.1 Å². The number of ether oxygens (including phenoxy) is 1. The lowest BCUT2D eigenvalue weighted by atomic mass is 9.97. The second kappa shape index (κ2) is 11.2. The number of benzene rings is 2. The fourth-order valence-electron chi connectivity index (χ4n) is 4.07. The number of thiazole rings is 1. The molecule has 3 aromatic rings. The number of aromatic nitrogens is 1. The summed E-state index contributed by atoms with van der Waals surface area (Å²) < 4.78 is 5.29. The number of piperidine rings is 1. The Morgan fingerprint density at radius 3 is 2.58 bits per heavy atom. The molecule has 1 aliphatic rings. The molecule has 4 rings (SSSR count). The molecule has 172 valence electrons. The first-order valence-corrected chi connectivity index (χ1v) is 12.3. The molecule has 0 saturated carbocycles. The summed E-state index contributed by atoms with van der Waals surface area (Å²) in [5.74, 6) is 0.228. The molecule has 0 atom stereocenters. The van der Waals surface area contributed by atoms with Crippen LogP contribution in [-0.4, -0.2) is 48.0 Å². The van der Waals surface area contributed by atoms with Crippen molar-refractivity contribution in [3.05, 3.63) is 70.7 Å². The normalized spacial score (nSPS) is 14.3. The Labute approximate surface area is 198 Å². The van der Waals surface area contributed by atoms with E-state index in [1.54, 1.807) is 0 Å². The van der Waals surface area contributed by atoms with Gasteiger partial charge in [-0.25, -0.2) is 4.98 Å². The van der Waals surface area contributed by atoms with Crippen LogP contribution in [0.4, 0.5) is 5.69 Å². The van der Waals surface area contributed by atoms with E-state index in [1.807, 2.05) is 71.8 Å². The molecule has 1 N–H and O–H groups in total. The summed E-state index contributed by atoms with van der Waals surface area (Å²) in [5.41, 5.74) is 3.23. The first-order chi connectivity index (χ1) is 16.2. The highest BCUT2D eigenvalue weighted by molar-refractivity contribution is 7.10. The van der Waals surface area contributed by atoms with E-state index in [1.165, 1.54) is 11.3 Å². The summed E-state index contributed by atoms with van der Waals surface area (Å²) in [7, 11) is 0.